The summed E-state index contributed by atoms with van der Waals surface area (Å²) in [6.45, 7) is 0.881. The Bertz CT molecular complexity index is 751. The number of hydrogen-bond donors (Lipinski definition) is 1. The Morgan fingerprint density at radius 3 is 2.58 bits per heavy atom. The lowest BCUT2D eigenvalue weighted by Crippen LogP contribution is -2.42. The summed E-state index contributed by atoms with van der Waals surface area (Å²) in [7, 11) is -2.33. The molecule has 1 atom stereocenters. The zero-order chi connectivity index (χ0) is 19.3. The summed E-state index contributed by atoms with van der Waals surface area (Å²) in [6.07, 6.45) is 1.69. The van der Waals surface area contributed by atoms with Gasteiger partial charge in [-0.2, -0.15) is 0 Å². The van der Waals surface area contributed by atoms with Crippen LogP contribution in [-0.2, 0) is 19.6 Å². The van der Waals surface area contributed by atoms with Crippen molar-refractivity contribution < 1.29 is 27.5 Å². The number of carbonyl (C=O) groups is 2. The number of piperidine rings is 1. The van der Waals surface area contributed by atoms with E-state index in [2.05, 4.69) is 0 Å². The maximum Gasteiger partial charge on any atom is 0.308 e. The highest BCUT2D eigenvalue weighted by Crippen LogP contribution is 2.19. The van der Waals surface area contributed by atoms with Gasteiger partial charge in [-0.1, -0.05) is 0 Å². The Kier molecular flexibility index (Phi) is 6.71. The maximum atomic E-state index is 12.9. The van der Waals surface area contributed by atoms with E-state index in [0.717, 1.165) is 16.4 Å². The summed E-state index contributed by atoms with van der Waals surface area (Å²) in [6, 6.07) is 4.57. The van der Waals surface area contributed by atoms with Crippen LogP contribution in [-0.4, -0.2) is 61.3 Å². The third kappa shape index (κ3) is 5.01. The monoisotopic (exact) mass is 386 g/mol. The van der Waals surface area contributed by atoms with Crippen molar-refractivity contribution in [1.82, 2.24) is 9.21 Å². The van der Waals surface area contributed by atoms with E-state index in [9.17, 15) is 22.4 Å². The molecule has 1 heterocycles. The normalized spacial score (nSPS) is 18.1. The van der Waals surface area contributed by atoms with Gasteiger partial charge < -0.3 is 10.0 Å². The molecule has 1 aliphatic heterocycles. The Morgan fingerprint density at radius 2 is 1.96 bits per heavy atom. The molecule has 0 spiro atoms. The molecule has 9 heteroatoms. The van der Waals surface area contributed by atoms with E-state index >= 15 is 0 Å². The van der Waals surface area contributed by atoms with Crippen molar-refractivity contribution in [2.45, 2.75) is 30.6 Å². The third-order valence-electron chi connectivity index (χ3n) is 4.51. The maximum absolute atomic E-state index is 12.9. The summed E-state index contributed by atoms with van der Waals surface area (Å²) in [5.41, 5.74) is 0. The largest absolute Gasteiger partial charge is 0.481 e. The third-order valence-corrected chi connectivity index (χ3v) is 6.38. The molecule has 0 bridgehead atoms. The van der Waals surface area contributed by atoms with Gasteiger partial charge >= 0.3 is 5.97 Å². The fourth-order valence-electron chi connectivity index (χ4n) is 2.92. The van der Waals surface area contributed by atoms with Gasteiger partial charge in [0.2, 0.25) is 15.9 Å². The van der Waals surface area contributed by atoms with Crippen molar-refractivity contribution in [3.8, 4) is 0 Å². The van der Waals surface area contributed by atoms with E-state index in [1.54, 1.807) is 0 Å². The summed E-state index contributed by atoms with van der Waals surface area (Å²) in [5.74, 6) is -2.11. The second-order valence-electron chi connectivity index (χ2n) is 6.40. The zero-order valence-electron chi connectivity index (χ0n) is 14.6. The van der Waals surface area contributed by atoms with E-state index in [0.29, 0.717) is 25.8 Å². The quantitative estimate of drug-likeness (QED) is 0.767. The predicted molar refractivity (Wildman–Crippen MR) is 92.4 cm³/mol. The van der Waals surface area contributed by atoms with Gasteiger partial charge in [0.25, 0.3) is 0 Å². The van der Waals surface area contributed by atoms with Crippen molar-refractivity contribution >= 4 is 21.9 Å². The number of amides is 1. The first kappa shape index (κ1) is 20.3. The van der Waals surface area contributed by atoms with Crippen LogP contribution in [0.4, 0.5) is 4.39 Å². The number of benzene rings is 1. The van der Waals surface area contributed by atoms with Crippen LogP contribution < -0.4 is 0 Å². The Morgan fingerprint density at radius 1 is 1.31 bits per heavy atom. The molecule has 1 saturated heterocycles. The Hall–Kier alpha value is -2.00. The number of carboxylic acid groups (broad SMARTS) is 1. The fourth-order valence-corrected chi connectivity index (χ4v) is 4.13. The number of likely N-dealkylation sites (tertiary alicyclic amines) is 1. The highest BCUT2D eigenvalue weighted by Gasteiger charge is 2.28. The molecule has 0 aliphatic carbocycles. The second-order valence-corrected chi connectivity index (χ2v) is 8.45. The number of aliphatic carboxylic acids is 1. The summed E-state index contributed by atoms with van der Waals surface area (Å²) >= 11 is 0. The molecule has 1 aromatic carbocycles. The van der Waals surface area contributed by atoms with Gasteiger partial charge in [0, 0.05) is 33.1 Å². The molecule has 0 aromatic heterocycles. The highest BCUT2D eigenvalue weighted by atomic mass is 32.2. The molecule has 2 rings (SSSR count). The number of rotatable bonds is 7. The lowest BCUT2D eigenvalue weighted by molar-refractivity contribution is -0.145. The van der Waals surface area contributed by atoms with Crippen LogP contribution in [0.2, 0.25) is 0 Å². The average molecular weight is 386 g/mol. The minimum Gasteiger partial charge on any atom is -0.481 e. The lowest BCUT2D eigenvalue weighted by Gasteiger charge is -2.31. The highest BCUT2D eigenvalue weighted by molar-refractivity contribution is 7.89. The number of hydrogen-bond acceptors (Lipinski definition) is 4. The molecule has 0 radical (unpaired) electrons. The van der Waals surface area contributed by atoms with Gasteiger partial charge in [0.05, 0.1) is 10.8 Å². The molecule has 0 saturated carbocycles. The molecular weight excluding hydrogens is 363 g/mol. The summed E-state index contributed by atoms with van der Waals surface area (Å²) < 4.78 is 38.8. The van der Waals surface area contributed by atoms with E-state index in [1.165, 1.54) is 24.1 Å². The van der Waals surface area contributed by atoms with Crippen LogP contribution in [0.5, 0.6) is 0 Å². The number of carboxylic acids is 1. The van der Waals surface area contributed by atoms with Gasteiger partial charge in [-0.05, 0) is 43.5 Å². The van der Waals surface area contributed by atoms with E-state index in [4.69, 9.17) is 5.11 Å². The number of nitrogens with zero attached hydrogens (tertiary/aromatic N) is 2. The molecule has 1 amide bonds. The molecular formula is C17H23FN2O5S. The topological polar surface area (TPSA) is 95.0 Å². The van der Waals surface area contributed by atoms with Gasteiger partial charge in [0.1, 0.15) is 5.82 Å². The van der Waals surface area contributed by atoms with Gasteiger partial charge in [0.15, 0.2) is 0 Å². The van der Waals surface area contributed by atoms with Crippen LogP contribution in [0.25, 0.3) is 0 Å². The first-order valence-corrected chi connectivity index (χ1v) is 9.88. The van der Waals surface area contributed by atoms with Crippen LogP contribution in [0, 0.1) is 11.7 Å². The molecule has 144 valence electrons. The van der Waals surface area contributed by atoms with E-state index in [1.807, 2.05) is 0 Å². The number of halogens is 1. The van der Waals surface area contributed by atoms with Crippen LogP contribution in [0.1, 0.15) is 25.7 Å². The van der Waals surface area contributed by atoms with Gasteiger partial charge in [-0.15, -0.1) is 0 Å². The minimum absolute atomic E-state index is 0.00643. The number of carbonyl (C=O) groups excluding carboxylic acids is 1. The molecule has 1 aliphatic rings. The molecule has 1 fully saturated rings. The molecule has 1 N–H and O–H groups in total. The van der Waals surface area contributed by atoms with Crippen molar-refractivity contribution in [3.05, 3.63) is 30.1 Å². The first-order valence-electron chi connectivity index (χ1n) is 8.44. The molecule has 1 aromatic rings. The number of sulfonamides is 1. The van der Waals surface area contributed by atoms with Crippen molar-refractivity contribution in [1.29, 1.82) is 0 Å². The van der Waals surface area contributed by atoms with E-state index in [-0.39, 0.29) is 30.3 Å². The van der Waals surface area contributed by atoms with Gasteiger partial charge in [-0.25, -0.2) is 17.1 Å². The minimum atomic E-state index is -3.73. The van der Waals surface area contributed by atoms with Crippen LogP contribution >= 0.6 is 0 Å². The molecule has 1 unspecified atom stereocenters. The van der Waals surface area contributed by atoms with Crippen molar-refractivity contribution in [2.24, 2.45) is 5.92 Å². The SMILES string of the molecule is CN(CCCC(=O)N1CCCC(C(=O)O)C1)S(=O)(=O)c1ccc(F)cc1. The fraction of sp³-hybridized carbons (Fsp3) is 0.529. The molecule has 26 heavy (non-hydrogen) atoms. The van der Waals surface area contributed by atoms with Gasteiger partial charge in [-0.3, -0.25) is 9.59 Å². The van der Waals surface area contributed by atoms with Crippen molar-refractivity contribution in [3.63, 3.8) is 0 Å². The second kappa shape index (κ2) is 8.59. The summed E-state index contributed by atoms with van der Waals surface area (Å²) in [4.78, 5) is 24.8. The van der Waals surface area contributed by atoms with Crippen molar-refractivity contribution in [2.75, 3.05) is 26.7 Å². The standard InChI is InChI=1S/C17H23FN2O5S/c1-19(26(24,25)15-8-6-14(18)7-9-15)10-3-5-16(21)20-11-2-4-13(12-20)17(22)23/h6-9,13H,2-5,10-12H2,1H3,(H,22,23). The zero-order valence-corrected chi connectivity index (χ0v) is 15.4. The van der Waals surface area contributed by atoms with E-state index < -0.39 is 27.7 Å². The smallest absolute Gasteiger partial charge is 0.308 e. The summed E-state index contributed by atoms with van der Waals surface area (Å²) in [5, 5.41) is 9.07. The predicted octanol–water partition coefficient (Wildman–Crippen LogP) is 1.55. The Balaban J connectivity index is 1.85. The van der Waals surface area contributed by atoms with Crippen LogP contribution in [0.3, 0.4) is 0 Å². The van der Waals surface area contributed by atoms with Crippen LogP contribution in [0.15, 0.2) is 29.2 Å². The molecule has 7 nitrogen and oxygen atoms in total. The average Bonchev–Trinajstić information content (AvgIpc) is 2.61. The lowest BCUT2D eigenvalue weighted by atomic mass is 9.98. The Labute approximate surface area is 152 Å². The first-order chi connectivity index (χ1) is 12.2.